The van der Waals surface area contributed by atoms with Gasteiger partial charge in [0.2, 0.25) is 0 Å². The third kappa shape index (κ3) is 4.56. The van der Waals surface area contributed by atoms with Crippen molar-refractivity contribution in [3.05, 3.63) is 93.0 Å². The zero-order chi connectivity index (χ0) is 25.1. The average Bonchev–Trinajstić information content (AvgIpc) is 3.44. The second-order valence-corrected chi connectivity index (χ2v) is 8.92. The number of oxazole rings is 1. The number of rotatable bonds is 8. The lowest BCUT2D eigenvalue weighted by Crippen LogP contribution is -2.22. The van der Waals surface area contributed by atoms with Gasteiger partial charge in [0.15, 0.2) is 12.2 Å². The quantitative estimate of drug-likeness (QED) is 0.190. The Morgan fingerprint density at radius 1 is 1.06 bits per heavy atom. The van der Waals surface area contributed by atoms with Gasteiger partial charge in [0, 0.05) is 39.8 Å². The molecule has 3 aromatic carbocycles. The summed E-state index contributed by atoms with van der Waals surface area (Å²) >= 11 is 3.56. The molecule has 180 valence electrons. The third-order valence-corrected chi connectivity index (χ3v) is 6.12. The first-order valence-corrected chi connectivity index (χ1v) is 11.9. The van der Waals surface area contributed by atoms with E-state index < -0.39 is 0 Å². The van der Waals surface area contributed by atoms with Gasteiger partial charge in [-0.2, -0.15) is 9.78 Å². The summed E-state index contributed by atoms with van der Waals surface area (Å²) in [5.41, 5.74) is 2.69. The minimum atomic E-state index is -0.378. The molecular weight excluding hydrogens is 526 g/mol. The molecule has 10 heteroatoms. The van der Waals surface area contributed by atoms with E-state index in [9.17, 15) is 9.70 Å². The number of benzene rings is 3. The van der Waals surface area contributed by atoms with Crippen molar-refractivity contribution >= 4 is 38.1 Å². The highest BCUT2D eigenvalue weighted by Gasteiger charge is 2.18. The molecule has 36 heavy (non-hydrogen) atoms. The summed E-state index contributed by atoms with van der Waals surface area (Å²) in [5.74, 6) is 0.587. The zero-order valence-electron chi connectivity index (χ0n) is 18.9. The van der Waals surface area contributed by atoms with Crippen LogP contribution in [0.3, 0.4) is 0 Å². The summed E-state index contributed by atoms with van der Waals surface area (Å²) in [7, 11) is 0. The first-order valence-electron chi connectivity index (χ1n) is 11.1. The lowest BCUT2D eigenvalue weighted by atomic mass is 10.0. The Morgan fingerprint density at radius 3 is 2.61 bits per heavy atom. The molecule has 0 saturated carbocycles. The second kappa shape index (κ2) is 10.2. The number of aromatic nitrogens is 3. The molecular formula is C26H20BrN5O4. The van der Waals surface area contributed by atoms with Crippen LogP contribution in [0.1, 0.15) is 6.42 Å². The van der Waals surface area contributed by atoms with E-state index in [1.807, 2.05) is 30.3 Å². The van der Waals surface area contributed by atoms with Crippen molar-refractivity contribution in [2.24, 2.45) is 5.18 Å². The molecule has 9 nitrogen and oxygen atoms in total. The van der Waals surface area contributed by atoms with Crippen LogP contribution in [0.25, 0.3) is 39.0 Å². The number of hydrogen-bond acceptors (Lipinski definition) is 8. The van der Waals surface area contributed by atoms with Crippen molar-refractivity contribution in [2.75, 3.05) is 18.5 Å². The van der Waals surface area contributed by atoms with E-state index in [2.05, 4.69) is 31.4 Å². The number of aliphatic hydroxyl groups excluding tert-OH is 1. The van der Waals surface area contributed by atoms with Gasteiger partial charge in [0.05, 0.1) is 17.3 Å². The molecule has 0 radical (unpaired) electrons. The van der Waals surface area contributed by atoms with Gasteiger partial charge in [0.1, 0.15) is 11.4 Å². The predicted molar refractivity (Wildman–Crippen MR) is 142 cm³/mol. The average molecular weight is 546 g/mol. The zero-order valence-corrected chi connectivity index (χ0v) is 20.5. The van der Waals surface area contributed by atoms with E-state index >= 15 is 0 Å². The van der Waals surface area contributed by atoms with Crippen molar-refractivity contribution in [3.8, 4) is 28.3 Å². The maximum Gasteiger partial charge on any atom is 0.279 e. The highest BCUT2D eigenvalue weighted by atomic mass is 79.9. The number of nitroso groups, excluding NO2 is 1. The Bertz CT molecular complexity index is 1620. The molecule has 5 aromatic rings. The van der Waals surface area contributed by atoms with Crippen LogP contribution >= 0.6 is 15.9 Å². The highest BCUT2D eigenvalue weighted by Crippen LogP contribution is 2.33. The summed E-state index contributed by atoms with van der Waals surface area (Å²) in [6.45, 7) is 0.573. The highest BCUT2D eigenvalue weighted by molar-refractivity contribution is 9.10. The van der Waals surface area contributed by atoms with Gasteiger partial charge in [0.25, 0.3) is 5.56 Å². The largest absolute Gasteiger partial charge is 0.444 e. The number of halogens is 1. The standard InChI is InChI=1S/C26H20BrN5O4/c27-18-11-16(24-14-28-15-36-24)10-17(12-18)25-20-4-1-2-5-21(20)26(34)32(30-25)23-13-19(29-8-3-9-33)6-7-22(23)31-35/h1-2,4-7,10-15,29,33H,3,8-9H2. The third-order valence-electron chi connectivity index (χ3n) is 5.66. The van der Waals surface area contributed by atoms with E-state index in [0.29, 0.717) is 40.9 Å². The fourth-order valence-electron chi connectivity index (χ4n) is 3.98. The summed E-state index contributed by atoms with van der Waals surface area (Å²) in [4.78, 5) is 29.2. The Labute approximate surface area is 213 Å². The van der Waals surface area contributed by atoms with E-state index in [4.69, 9.17) is 14.6 Å². The van der Waals surface area contributed by atoms with E-state index in [1.165, 1.54) is 17.1 Å². The Hall–Kier alpha value is -4.15. The van der Waals surface area contributed by atoms with Gasteiger partial charge >= 0.3 is 0 Å². The number of nitrogens with one attached hydrogen (secondary N) is 1. The lowest BCUT2D eigenvalue weighted by molar-refractivity contribution is 0.292. The molecule has 2 heterocycles. The van der Waals surface area contributed by atoms with Gasteiger partial charge < -0.3 is 14.8 Å². The van der Waals surface area contributed by atoms with Gasteiger partial charge in [-0.3, -0.25) is 4.79 Å². The molecule has 0 atom stereocenters. The smallest absolute Gasteiger partial charge is 0.279 e. The SMILES string of the molecule is O=Nc1ccc(NCCCO)cc1-n1nc(-c2cc(Br)cc(-c3cnco3)c2)c2ccccc2c1=O. The number of fused-ring (bicyclic) bond motifs is 1. The first-order chi connectivity index (χ1) is 17.6. The summed E-state index contributed by atoms with van der Waals surface area (Å²) in [5, 5.41) is 21.2. The molecule has 2 aromatic heterocycles. The van der Waals surface area contributed by atoms with Crippen LogP contribution in [-0.4, -0.2) is 33.0 Å². The number of hydrogen-bond donors (Lipinski definition) is 2. The predicted octanol–water partition coefficient (Wildman–Crippen LogP) is 5.66. The lowest BCUT2D eigenvalue weighted by Gasteiger charge is -2.14. The van der Waals surface area contributed by atoms with Crippen LogP contribution in [0.15, 0.2) is 92.1 Å². The van der Waals surface area contributed by atoms with Gasteiger partial charge in [-0.25, -0.2) is 4.98 Å². The minimum absolute atomic E-state index is 0.0472. The van der Waals surface area contributed by atoms with Crippen molar-refractivity contribution in [1.29, 1.82) is 0 Å². The fraction of sp³-hybridized carbons (Fsp3) is 0.115. The van der Waals surface area contributed by atoms with E-state index in [-0.39, 0.29) is 23.5 Å². The van der Waals surface area contributed by atoms with Crippen LogP contribution in [-0.2, 0) is 0 Å². The Morgan fingerprint density at radius 2 is 1.86 bits per heavy atom. The molecule has 2 N–H and O–H groups in total. The van der Waals surface area contributed by atoms with Crippen molar-refractivity contribution < 1.29 is 9.52 Å². The van der Waals surface area contributed by atoms with E-state index in [0.717, 1.165) is 15.6 Å². The van der Waals surface area contributed by atoms with Gasteiger partial charge in [-0.15, -0.1) is 4.91 Å². The number of anilines is 1. The summed E-state index contributed by atoms with van der Waals surface area (Å²) < 4.78 is 7.47. The van der Waals surface area contributed by atoms with Crippen LogP contribution < -0.4 is 10.9 Å². The molecule has 5 rings (SSSR count). The van der Waals surface area contributed by atoms with Crippen LogP contribution in [0.2, 0.25) is 0 Å². The first kappa shape index (κ1) is 23.6. The monoisotopic (exact) mass is 545 g/mol. The maximum atomic E-state index is 13.5. The molecule has 0 aliphatic carbocycles. The van der Waals surface area contributed by atoms with Crippen molar-refractivity contribution in [1.82, 2.24) is 14.8 Å². The summed E-state index contributed by atoms with van der Waals surface area (Å²) in [6, 6.07) is 17.8. The number of nitrogens with zero attached hydrogens (tertiary/aromatic N) is 4. The molecule has 0 spiro atoms. The fourth-order valence-corrected chi connectivity index (χ4v) is 4.48. The minimum Gasteiger partial charge on any atom is -0.444 e. The molecule has 0 aliphatic heterocycles. The van der Waals surface area contributed by atoms with E-state index in [1.54, 1.807) is 30.5 Å². The van der Waals surface area contributed by atoms with Crippen molar-refractivity contribution in [2.45, 2.75) is 6.42 Å². The Kier molecular flexibility index (Phi) is 6.70. The van der Waals surface area contributed by atoms with Crippen LogP contribution in [0, 0.1) is 4.91 Å². The van der Waals surface area contributed by atoms with Crippen molar-refractivity contribution in [3.63, 3.8) is 0 Å². The molecule has 0 unspecified atom stereocenters. The van der Waals surface area contributed by atoms with Gasteiger partial charge in [-0.05, 0) is 54.1 Å². The Balaban J connectivity index is 1.74. The molecule has 0 fully saturated rings. The topological polar surface area (TPSA) is 123 Å². The number of aliphatic hydroxyl groups is 1. The van der Waals surface area contributed by atoms with Gasteiger partial charge in [-0.1, -0.05) is 34.1 Å². The second-order valence-electron chi connectivity index (χ2n) is 8.00. The molecule has 0 bridgehead atoms. The summed E-state index contributed by atoms with van der Waals surface area (Å²) in [6.07, 6.45) is 3.53. The maximum absolute atomic E-state index is 13.5. The molecule has 0 saturated heterocycles. The van der Waals surface area contributed by atoms with Crippen LogP contribution in [0.5, 0.6) is 0 Å². The molecule has 0 amide bonds. The normalized spacial score (nSPS) is 11.1. The molecule has 0 aliphatic rings. The van der Waals surface area contributed by atoms with Crippen LogP contribution in [0.4, 0.5) is 11.4 Å².